The second-order valence-corrected chi connectivity index (χ2v) is 6.19. The minimum atomic E-state index is 0.221. The van der Waals surface area contributed by atoms with Crippen molar-refractivity contribution in [1.29, 1.82) is 5.26 Å². The van der Waals surface area contributed by atoms with Gasteiger partial charge in [-0.15, -0.1) is 0 Å². The number of anilines is 1. The summed E-state index contributed by atoms with van der Waals surface area (Å²) in [7, 11) is 0. The first kappa shape index (κ1) is 17.7. The molecular formula is C19H22N6O. The maximum Gasteiger partial charge on any atom is 0.247 e. The standard InChI is InChI=1S/C19H22N6O/c1-14(2)25-13-22-16-17(25)23-19(24-18(16)26-12-6-10-20)21-11-9-15-7-4-3-5-8-15/h3-5,7-8,13-14H,6,9,11-12H2,1-2H3,(H,21,23,24). The SMILES string of the molecule is CC(C)n1cnc2c(OCCC#N)nc(NCCc3ccccc3)nc21. The van der Waals surface area contributed by atoms with Gasteiger partial charge in [-0.3, -0.25) is 0 Å². The summed E-state index contributed by atoms with van der Waals surface area (Å²) in [5.41, 5.74) is 2.59. The first-order valence-corrected chi connectivity index (χ1v) is 8.71. The zero-order valence-corrected chi connectivity index (χ0v) is 15.0. The summed E-state index contributed by atoms with van der Waals surface area (Å²) < 4.78 is 7.65. The Hall–Kier alpha value is -3.14. The number of hydrogen-bond donors (Lipinski definition) is 1. The topological polar surface area (TPSA) is 88.7 Å². The van der Waals surface area contributed by atoms with Crippen molar-refractivity contribution < 1.29 is 4.74 Å². The highest BCUT2D eigenvalue weighted by Gasteiger charge is 2.15. The van der Waals surface area contributed by atoms with Crippen molar-refractivity contribution in [3.8, 4) is 11.9 Å². The van der Waals surface area contributed by atoms with Gasteiger partial charge in [0.25, 0.3) is 0 Å². The van der Waals surface area contributed by atoms with Crippen LogP contribution in [0.5, 0.6) is 5.88 Å². The number of nitrogens with zero attached hydrogens (tertiary/aromatic N) is 5. The Labute approximate surface area is 152 Å². The molecule has 7 nitrogen and oxygen atoms in total. The van der Waals surface area contributed by atoms with E-state index in [0.717, 1.165) is 12.1 Å². The Morgan fingerprint density at radius 1 is 1.23 bits per heavy atom. The predicted octanol–water partition coefficient (Wildman–Crippen LogP) is 3.35. The van der Waals surface area contributed by atoms with Gasteiger partial charge in [0.1, 0.15) is 6.61 Å². The lowest BCUT2D eigenvalue weighted by atomic mass is 10.1. The molecule has 0 atom stereocenters. The lowest BCUT2D eigenvalue weighted by Gasteiger charge is -2.11. The van der Waals surface area contributed by atoms with Gasteiger partial charge < -0.3 is 14.6 Å². The van der Waals surface area contributed by atoms with E-state index in [4.69, 9.17) is 10.00 Å². The van der Waals surface area contributed by atoms with Crippen molar-refractivity contribution in [2.75, 3.05) is 18.5 Å². The summed E-state index contributed by atoms with van der Waals surface area (Å²) >= 11 is 0. The summed E-state index contributed by atoms with van der Waals surface area (Å²) in [6.45, 7) is 5.13. The summed E-state index contributed by atoms with van der Waals surface area (Å²) in [5.74, 6) is 0.912. The lowest BCUT2D eigenvalue weighted by Crippen LogP contribution is -2.10. The van der Waals surface area contributed by atoms with Gasteiger partial charge in [-0.1, -0.05) is 30.3 Å². The molecule has 0 unspecified atom stereocenters. The number of nitrogens with one attached hydrogen (secondary N) is 1. The van der Waals surface area contributed by atoms with Crippen LogP contribution in [0.4, 0.5) is 5.95 Å². The van der Waals surface area contributed by atoms with Crippen LogP contribution in [0.3, 0.4) is 0 Å². The maximum absolute atomic E-state index is 8.72. The second-order valence-electron chi connectivity index (χ2n) is 6.19. The molecular weight excluding hydrogens is 328 g/mol. The minimum absolute atomic E-state index is 0.221. The fourth-order valence-electron chi connectivity index (χ4n) is 2.60. The molecule has 0 aliphatic heterocycles. The van der Waals surface area contributed by atoms with Crippen LogP contribution in [0.2, 0.25) is 0 Å². The molecule has 134 valence electrons. The molecule has 0 saturated carbocycles. The molecule has 0 bridgehead atoms. The fourth-order valence-corrected chi connectivity index (χ4v) is 2.60. The third kappa shape index (κ3) is 4.09. The molecule has 3 rings (SSSR count). The normalized spacial score (nSPS) is 10.8. The van der Waals surface area contributed by atoms with Gasteiger partial charge >= 0.3 is 0 Å². The average Bonchev–Trinajstić information content (AvgIpc) is 3.07. The molecule has 3 aromatic rings. The van der Waals surface area contributed by atoms with E-state index >= 15 is 0 Å². The number of aromatic nitrogens is 4. The number of imidazole rings is 1. The van der Waals surface area contributed by atoms with Crippen LogP contribution < -0.4 is 10.1 Å². The number of ether oxygens (including phenoxy) is 1. The third-order valence-corrected chi connectivity index (χ3v) is 3.94. The van der Waals surface area contributed by atoms with E-state index < -0.39 is 0 Å². The average molecular weight is 350 g/mol. The highest BCUT2D eigenvalue weighted by Crippen LogP contribution is 2.25. The second kappa shape index (κ2) is 8.30. The first-order chi connectivity index (χ1) is 12.7. The number of hydrogen-bond acceptors (Lipinski definition) is 6. The van der Waals surface area contributed by atoms with Crippen LogP contribution in [-0.2, 0) is 6.42 Å². The van der Waals surface area contributed by atoms with Crippen molar-refractivity contribution >= 4 is 17.1 Å². The molecule has 0 fully saturated rings. The maximum atomic E-state index is 8.72. The first-order valence-electron chi connectivity index (χ1n) is 8.71. The molecule has 2 aromatic heterocycles. The van der Waals surface area contributed by atoms with E-state index in [1.165, 1.54) is 5.56 Å². The summed E-state index contributed by atoms with van der Waals surface area (Å²) in [6.07, 6.45) is 2.92. The predicted molar refractivity (Wildman–Crippen MR) is 100 cm³/mol. The molecule has 1 N–H and O–H groups in total. The van der Waals surface area contributed by atoms with Crippen molar-refractivity contribution in [3.05, 3.63) is 42.2 Å². The zero-order chi connectivity index (χ0) is 18.4. The van der Waals surface area contributed by atoms with Crippen molar-refractivity contribution in [3.63, 3.8) is 0 Å². The van der Waals surface area contributed by atoms with Crippen LogP contribution in [0.15, 0.2) is 36.7 Å². The largest absolute Gasteiger partial charge is 0.475 e. The van der Waals surface area contributed by atoms with Gasteiger partial charge in [0.15, 0.2) is 11.2 Å². The van der Waals surface area contributed by atoms with Gasteiger partial charge in [0, 0.05) is 12.6 Å². The fraction of sp³-hybridized carbons (Fsp3) is 0.368. The number of rotatable bonds is 8. The number of fused-ring (bicyclic) bond motifs is 1. The van der Waals surface area contributed by atoms with Crippen molar-refractivity contribution in [2.24, 2.45) is 0 Å². The molecule has 1 aromatic carbocycles. The highest BCUT2D eigenvalue weighted by atomic mass is 16.5. The Bertz CT molecular complexity index is 898. The molecule has 0 aliphatic carbocycles. The molecule has 0 saturated heterocycles. The zero-order valence-electron chi connectivity index (χ0n) is 15.0. The molecule has 26 heavy (non-hydrogen) atoms. The van der Waals surface area contributed by atoms with Crippen molar-refractivity contribution in [1.82, 2.24) is 19.5 Å². The smallest absolute Gasteiger partial charge is 0.247 e. The Balaban J connectivity index is 1.81. The van der Waals surface area contributed by atoms with Gasteiger partial charge in [-0.25, -0.2) is 4.98 Å². The van der Waals surface area contributed by atoms with E-state index in [1.54, 1.807) is 6.33 Å². The van der Waals surface area contributed by atoms with Gasteiger partial charge in [-0.2, -0.15) is 15.2 Å². The summed E-state index contributed by atoms with van der Waals surface area (Å²) in [4.78, 5) is 13.4. The molecule has 0 spiro atoms. The molecule has 7 heteroatoms. The quantitative estimate of drug-likeness (QED) is 0.627. The molecule has 0 radical (unpaired) electrons. The van der Waals surface area contributed by atoms with Crippen LogP contribution in [0, 0.1) is 11.3 Å². The van der Waals surface area contributed by atoms with E-state index in [2.05, 4.69) is 52.3 Å². The van der Waals surface area contributed by atoms with Gasteiger partial charge in [0.2, 0.25) is 11.8 Å². The number of nitriles is 1. The lowest BCUT2D eigenvalue weighted by molar-refractivity contribution is 0.317. The third-order valence-electron chi connectivity index (χ3n) is 3.94. The van der Waals surface area contributed by atoms with Crippen LogP contribution in [0.1, 0.15) is 31.9 Å². The minimum Gasteiger partial charge on any atom is -0.475 e. The van der Waals surface area contributed by atoms with E-state index in [-0.39, 0.29) is 12.6 Å². The van der Waals surface area contributed by atoms with Crippen LogP contribution >= 0.6 is 0 Å². The molecule has 0 aliphatic rings. The summed E-state index contributed by atoms with van der Waals surface area (Å²) in [5, 5.41) is 12.0. The van der Waals surface area contributed by atoms with Crippen molar-refractivity contribution in [2.45, 2.75) is 32.7 Å². The number of benzene rings is 1. The summed E-state index contributed by atoms with van der Waals surface area (Å²) in [6, 6.07) is 12.5. The van der Waals surface area contributed by atoms with E-state index in [1.807, 2.05) is 22.8 Å². The monoisotopic (exact) mass is 350 g/mol. The van der Waals surface area contributed by atoms with E-state index in [9.17, 15) is 0 Å². The van der Waals surface area contributed by atoms with Gasteiger partial charge in [-0.05, 0) is 25.8 Å². The molecule has 2 heterocycles. The van der Waals surface area contributed by atoms with E-state index in [0.29, 0.717) is 30.3 Å². The highest BCUT2D eigenvalue weighted by molar-refractivity contribution is 5.77. The van der Waals surface area contributed by atoms with Crippen LogP contribution in [0.25, 0.3) is 11.2 Å². The molecule has 0 amide bonds. The Kier molecular flexibility index (Phi) is 5.64. The van der Waals surface area contributed by atoms with Gasteiger partial charge in [0.05, 0.1) is 18.8 Å². The Morgan fingerprint density at radius 2 is 2.04 bits per heavy atom. The Morgan fingerprint density at radius 3 is 2.77 bits per heavy atom. The van der Waals surface area contributed by atoms with Crippen LogP contribution in [-0.4, -0.2) is 32.7 Å².